The number of benzene rings is 1. The molecular formula is C14H18NO2S. The Hall–Kier alpha value is -0.870. The highest BCUT2D eigenvalue weighted by Crippen LogP contribution is 2.47. The van der Waals surface area contributed by atoms with Gasteiger partial charge < -0.3 is 0 Å². The highest BCUT2D eigenvalue weighted by Gasteiger charge is 2.46. The lowest BCUT2D eigenvalue weighted by atomic mass is 9.63. The van der Waals surface area contributed by atoms with Crippen LogP contribution in [0, 0.1) is 11.8 Å². The van der Waals surface area contributed by atoms with E-state index < -0.39 is 9.84 Å². The molecule has 1 saturated carbocycles. The highest BCUT2D eigenvalue weighted by atomic mass is 32.2. The fourth-order valence-corrected chi connectivity index (χ4v) is 3.56. The minimum Gasteiger partial charge on any atom is -0.298 e. The normalized spacial score (nSPS) is 22.5. The molecule has 1 aromatic carbocycles. The Balaban J connectivity index is 1.61. The molecular weight excluding hydrogens is 246 g/mol. The quantitative estimate of drug-likeness (QED) is 0.836. The number of likely N-dealkylation sites (tertiary alicyclic amines) is 1. The zero-order valence-corrected chi connectivity index (χ0v) is 11.4. The van der Waals surface area contributed by atoms with Crippen molar-refractivity contribution in [2.24, 2.45) is 5.41 Å². The summed E-state index contributed by atoms with van der Waals surface area (Å²) in [6, 6.07) is 7.26. The molecule has 1 heterocycles. The summed E-state index contributed by atoms with van der Waals surface area (Å²) in [5.74, 6) is 0. The Bertz CT molecular complexity index is 536. The Morgan fingerprint density at radius 1 is 1.17 bits per heavy atom. The third-order valence-corrected chi connectivity index (χ3v) is 5.16. The number of hydrogen-bond acceptors (Lipinski definition) is 3. The predicted octanol–water partition coefficient (Wildman–Crippen LogP) is 1.89. The first-order valence-corrected chi connectivity index (χ1v) is 8.19. The molecule has 1 aliphatic heterocycles. The molecule has 3 rings (SSSR count). The molecule has 97 valence electrons. The molecule has 2 aliphatic rings. The van der Waals surface area contributed by atoms with E-state index in [1.54, 1.807) is 12.1 Å². The molecule has 0 unspecified atom stereocenters. The Morgan fingerprint density at radius 2 is 1.78 bits per heavy atom. The van der Waals surface area contributed by atoms with Gasteiger partial charge in [-0.25, -0.2) is 8.42 Å². The Labute approximate surface area is 109 Å². The molecule has 0 aromatic heterocycles. The van der Waals surface area contributed by atoms with Gasteiger partial charge in [0.1, 0.15) is 0 Å². The van der Waals surface area contributed by atoms with Gasteiger partial charge in [-0.1, -0.05) is 12.1 Å². The first-order chi connectivity index (χ1) is 8.47. The lowest BCUT2D eigenvalue weighted by molar-refractivity contribution is -0.0383. The Morgan fingerprint density at radius 3 is 2.22 bits per heavy atom. The van der Waals surface area contributed by atoms with E-state index >= 15 is 0 Å². The van der Waals surface area contributed by atoms with Crippen LogP contribution in [0.2, 0.25) is 0 Å². The summed E-state index contributed by atoms with van der Waals surface area (Å²) in [6.07, 6.45) is 6.15. The topological polar surface area (TPSA) is 37.4 Å². The van der Waals surface area contributed by atoms with E-state index in [0.29, 0.717) is 10.3 Å². The van der Waals surface area contributed by atoms with E-state index in [-0.39, 0.29) is 0 Å². The van der Waals surface area contributed by atoms with Crippen LogP contribution in [0.15, 0.2) is 29.2 Å². The second kappa shape index (κ2) is 4.07. The third kappa shape index (κ3) is 2.19. The molecule has 1 radical (unpaired) electrons. The summed E-state index contributed by atoms with van der Waals surface area (Å²) in [5.41, 5.74) is 1.80. The standard InChI is InChI=1S/C14H18NO2S/c1-18(16,17)13-5-3-12(4-6-13)9-15-10-14(11-15)7-2-8-14/h2-6H,7-11H2,1H3. The molecule has 2 fully saturated rings. The van der Waals surface area contributed by atoms with Crippen molar-refractivity contribution >= 4 is 9.84 Å². The van der Waals surface area contributed by atoms with E-state index in [1.807, 2.05) is 12.1 Å². The molecule has 0 amide bonds. The van der Waals surface area contributed by atoms with Gasteiger partial charge in [0, 0.05) is 25.9 Å². The van der Waals surface area contributed by atoms with Gasteiger partial charge in [-0.2, -0.15) is 0 Å². The van der Waals surface area contributed by atoms with Crippen LogP contribution in [0.25, 0.3) is 0 Å². The zero-order chi connectivity index (χ0) is 12.8. The van der Waals surface area contributed by atoms with Crippen molar-refractivity contribution in [3.8, 4) is 0 Å². The van der Waals surface area contributed by atoms with Gasteiger partial charge in [0.15, 0.2) is 9.84 Å². The molecule has 4 heteroatoms. The van der Waals surface area contributed by atoms with E-state index in [2.05, 4.69) is 11.3 Å². The minimum absolute atomic E-state index is 0.403. The van der Waals surface area contributed by atoms with Crippen molar-refractivity contribution in [2.75, 3.05) is 19.3 Å². The molecule has 3 nitrogen and oxygen atoms in total. The summed E-state index contributed by atoms with van der Waals surface area (Å²) in [6.45, 7) is 3.32. The van der Waals surface area contributed by atoms with Crippen molar-refractivity contribution in [2.45, 2.75) is 24.3 Å². The Kier molecular flexibility index (Phi) is 2.75. The van der Waals surface area contributed by atoms with Crippen LogP contribution in [-0.2, 0) is 16.4 Å². The van der Waals surface area contributed by atoms with Gasteiger partial charge in [-0.15, -0.1) is 0 Å². The van der Waals surface area contributed by atoms with Gasteiger partial charge in [-0.05, 0) is 42.4 Å². The maximum atomic E-state index is 11.4. The second-order valence-corrected chi connectivity index (χ2v) is 7.77. The molecule has 1 saturated heterocycles. The summed E-state index contributed by atoms with van der Waals surface area (Å²) >= 11 is 0. The van der Waals surface area contributed by atoms with Crippen LogP contribution in [0.5, 0.6) is 0 Å². The molecule has 0 bridgehead atoms. The average Bonchev–Trinajstić information content (AvgIpc) is 2.19. The predicted molar refractivity (Wildman–Crippen MR) is 70.8 cm³/mol. The van der Waals surface area contributed by atoms with Gasteiger partial charge in [0.2, 0.25) is 0 Å². The van der Waals surface area contributed by atoms with E-state index in [0.717, 1.165) is 6.54 Å². The number of nitrogens with zero attached hydrogens (tertiary/aromatic N) is 1. The van der Waals surface area contributed by atoms with Crippen molar-refractivity contribution in [3.63, 3.8) is 0 Å². The van der Waals surface area contributed by atoms with E-state index in [1.165, 1.54) is 37.8 Å². The van der Waals surface area contributed by atoms with Crippen molar-refractivity contribution < 1.29 is 8.42 Å². The minimum atomic E-state index is -3.07. The lowest BCUT2D eigenvalue weighted by Crippen LogP contribution is -2.59. The fraction of sp³-hybridized carbons (Fsp3) is 0.500. The van der Waals surface area contributed by atoms with E-state index in [9.17, 15) is 8.42 Å². The maximum Gasteiger partial charge on any atom is 0.175 e. The van der Waals surface area contributed by atoms with Gasteiger partial charge in [-0.3, -0.25) is 4.90 Å². The number of hydrogen-bond donors (Lipinski definition) is 0. The molecule has 0 atom stereocenters. The second-order valence-electron chi connectivity index (χ2n) is 5.76. The van der Waals surface area contributed by atoms with Gasteiger partial charge in [0.25, 0.3) is 0 Å². The summed E-state index contributed by atoms with van der Waals surface area (Å²) in [4.78, 5) is 2.84. The molecule has 1 aliphatic carbocycles. The average molecular weight is 264 g/mol. The molecule has 0 N–H and O–H groups in total. The summed E-state index contributed by atoms with van der Waals surface area (Å²) in [5, 5.41) is 0. The van der Waals surface area contributed by atoms with Crippen LogP contribution in [-0.4, -0.2) is 32.7 Å². The van der Waals surface area contributed by atoms with E-state index in [4.69, 9.17) is 0 Å². The van der Waals surface area contributed by atoms with Crippen LogP contribution in [0.3, 0.4) is 0 Å². The number of sulfone groups is 1. The zero-order valence-electron chi connectivity index (χ0n) is 10.6. The first kappa shape index (κ1) is 12.2. The van der Waals surface area contributed by atoms with Crippen molar-refractivity contribution in [1.82, 2.24) is 4.90 Å². The smallest absolute Gasteiger partial charge is 0.175 e. The maximum absolute atomic E-state index is 11.4. The fourth-order valence-electron chi connectivity index (χ4n) is 2.93. The number of rotatable bonds is 3. The van der Waals surface area contributed by atoms with Crippen LogP contribution in [0.4, 0.5) is 0 Å². The van der Waals surface area contributed by atoms with Crippen LogP contribution >= 0.6 is 0 Å². The lowest BCUT2D eigenvalue weighted by Gasteiger charge is -2.56. The largest absolute Gasteiger partial charge is 0.298 e. The molecule has 18 heavy (non-hydrogen) atoms. The van der Waals surface area contributed by atoms with Crippen LogP contribution < -0.4 is 0 Å². The van der Waals surface area contributed by atoms with Crippen molar-refractivity contribution in [3.05, 3.63) is 36.2 Å². The SMILES string of the molecule is CS(=O)(=O)c1ccc(CN2CC3(C[CH]C3)C2)cc1. The summed E-state index contributed by atoms with van der Waals surface area (Å²) in [7, 11) is -3.07. The molecule has 1 aromatic rings. The third-order valence-electron chi connectivity index (χ3n) is 4.03. The van der Waals surface area contributed by atoms with Crippen LogP contribution in [0.1, 0.15) is 18.4 Å². The molecule has 1 spiro atoms. The van der Waals surface area contributed by atoms with Gasteiger partial charge in [0.05, 0.1) is 4.90 Å². The van der Waals surface area contributed by atoms with Crippen molar-refractivity contribution in [1.29, 1.82) is 0 Å². The highest BCUT2D eigenvalue weighted by molar-refractivity contribution is 7.90. The van der Waals surface area contributed by atoms with Gasteiger partial charge >= 0.3 is 0 Å². The first-order valence-electron chi connectivity index (χ1n) is 6.30. The summed E-state index contributed by atoms with van der Waals surface area (Å²) < 4.78 is 22.7. The monoisotopic (exact) mass is 264 g/mol.